The number of carbonyl (C=O) groups excluding carboxylic acids is 1. The van der Waals surface area contributed by atoms with Gasteiger partial charge in [-0.25, -0.2) is 26.9 Å². The smallest absolute Gasteiger partial charge is 0.240 e. The molecule has 0 bridgehead atoms. The van der Waals surface area contributed by atoms with Crippen molar-refractivity contribution in [3.63, 3.8) is 0 Å². The summed E-state index contributed by atoms with van der Waals surface area (Å²) in [6, 6.07) is 7.62. The number of amides is 1. The maximum Gasteiger partial charge on any atom is 0.240 e. The predicted octanol–water partition coefficient (Wildman–Crippen LogP) is 2.89. The summed E-state index contributed by atoms with van der Waals surface area (Å²) in [5.74, 6) is -2.29. The number of hydrogen-bond acceptors (Lipinski definition) is 6. The second-order valence-corrected chi connectivity index (χ2v) is 8.40. The van der Waals surface area contributed by atoms with Crippen LogP contribution >= 0.6 is 11.3 Å². The third kappa shape index (κ3) is 4.43. The molecule has 0 aliphatic heterocycles. The van der Waals surface area contributed by atoms with Gasteiger partial charge in [0, 0.05) is 13.0 Å². The van der Waals surface area contributed by atoms with Gasteiger partial charge >= 0.3 is 0 Å². The number of hydrogen-bond donors (Lipinski definition) is 2. The van der Waals surface area contributed by atoms with Gasteiger partial charge in [-0.1, -0.05) is 17.4 Å². The van der Waals surface area contributed by atoms with E-state index in [1.54, 1.807) is 12.1 Å². The number of halogens is 2. The van der Waals surface area contributed by atoms with Crippen molar-refractivity contribution < 1.29 is 26.7 Å². The van der Waals surface area contributed by atoms with Gasteiger partial charge in [-0.3, -0.25) is 4.79 Å². The molecule has 3 rings (SSSR count). The average molecular weight is 427 g/mol. The zero-order chi connectivity index (χ0) is 20.3. The monoisotopic (exact) mass is 427 g/mol. The van der Waals surface area contributed by atoms with E-state index < -0.39 is 32.5 Å². The van der Waals surface area contributed by atoms with Gasteiger partial charge in [0.15, 0.2) is 16.8 Å². The fourth-order valence-electron chi connectivity index (χ4n) is 2.35. The molecule has 148 valence electrons. The maximum absolute atomic E-state index is 13.2. The summed E-state index contributed by atoms with van der Waals surface area (Å²) in [7, 11) is -2.54. The molecule has 0 radical (unpaired) electrons. The Morgan fingerprint density at radius 1 is 1.21 bits per heavy atom. The first-order valence-corrected chi connectivity index (χ1v) is 10.3. The zero-order valence-corrected chi connectivity index (χ0v) is 16.2. The molecule has 1 aromatic heterocycles. The lowest BCUT2D eigenvalue weighted by Crippen LogP contribution is -2.28. The van der Waals surface area contributed by atoms with E-state index in [1.165, 1.54) is 18.4 Å². The molecule has 28 heavy (non-hydrogen) atoms. The highest BCUT2D eigenvalue weighted by molar-refractivity contribution is 7.89. The molecular formula is C17H15F2N3O4S2. The van der Waals surface area contributed by atoms with Crippen molar-refractivity contribution in [3.05, 3.63) is 48.0 Å². The summed E-state index contributed by atoms with van der Waals surface area (Å²) in [4.78, 5) is 15.9. The Labute approximate surface area is 163 Å². The number of rotatable bonds is 7. The van der Waals surface area contributed by atoms with Gasteiger partial charge in [-0.05, 0) is 30.3 Å². The SMILES string of the molecule is COc1cccc2sc(NC(=O)CCNS(=O)(=O)c3ccc(F)c(F)c3)nc12. The fraction of sp³-hybridized carbons (Fsp3) is 0.176. The topological polar surface area (TPSA) is 97.4 Å². The van der Waals surface area contributed by atoms with Crippen molar-refractivity contribution in [3.8, 4) is 5.75 Å². The molecule has 0 fully saturated rings. The molecule has 0 spiro atoms. The maximum atomic E-state index is 13.2. The molecule has 1 amide bonds. The quantitative estimate of drug-likeness (QED) is 0.604. The number of methoxy groups -OCH3 is 1. The number of para-hydroxylation sites is 1. The number of ether oxygens (including phenoxy) is 1. The molecule has 2 N–H and O–H groups in total. The molecule has 0 aliphatic rings. The van der Waals surface area contributed by atoms with E-state index in [4.69, 9.17) is 4.74 Å². The summed E-state index contributed by atoms with van der Waals surface area (Å²) in [6.45, 7) is -0.221. The highest BCUT2D eigenvalue weighted by Crippen LogP contribution is 2.32. The second-order valence-electron chi connectivity index (χ2n) is 5.60. The van der Waals surface area contributed by atoms with Crippen LogP contribution in [0.15, 0.2) is 41.3 Å². The molecule has 3 aromatic rings. The number of anilines is 1. The number of nitrogens with one attached hydrogen (secondary N) is 2. The van der Waals surface area contributed by atoms with Crippen LogP contribution in [0.2, 0.25) is 0 Å². The van der Waals surface area contributed by atoms with Crippen molar-refractivity contribution in [1.82, 2.24) is 9.71 Å². The fourth-order valence-corrected chi connectivity index (χ4v) is 4.29. The Morgan fingerprint density at radius 3 is 2.71 bits per heavy atom. The van der Waals surface area contributed by atoms with Crippen LogP contribution in [0.3, 0.4) is 0 Å². The first-order chi connectivity index (χ1) is 13.3. The Hall–Kier alpha value is -2.63. The molecule has 0 saturated heterocycles. The molecule has 0 unspecified atom stereocenters. The van der Waals surface area contributed by atoms with Crippen LogP contribution in [0.1, 0.15) is 6.42 Å². The number of thiazole rings is 1. The van der Waals surface area contributed by atoms with Gasteiger partial charge in [-0.2, -0.15) is 0 Å². The van der Waals surface area contributed by atoms with Crippen molar-refractivity contribution in [2.24, 2.45) is 0 Å². The molecule has 0 aliphatic carbocycles. The summed E-state index contributed by atoms with van der Waals surface area (Å²) in [5, 5.41) is 2.95. The summed E-state index contributed by atoms with van der Waals surface area (Å²) >= 11 is 1.26. The number of carbonyl (C=O) groups is 1. The summed E-state index contributed by atoms with van der Waals surface area (Å²) in [6.07, 6.45) is -0.171. The number of sulfonamides is 1. The van der Waals surface area contributed by atoms with Crippen LogP contribution in [-0.4, -0.2) is 33.0 Å². The minimum atomic E-state index is -4.06. The Morgan fingerprint density at radius 2 is 2.00 bits per heavy atom. The Kier molecular flexibility index (Phi) is 5.87. The summed E-state index contributed by atoms with van der Waals surface area (Å²) in [5.41, 5.74) is 0.615. The van der Waals surface area contributed by atoms with E-state index in [0.717, 1.165) is 16.8 Å². The highest BCUT2D eigenvalue weighted by Gasteiger charge is 2.17. The van der Waals surface area contributed by atoms with Crippen molar-refractivity contribution in [2.45, 2.75) is 11.3 Å². The Balaban J connectivity index is 1.59. The van der Waals surface area contributed by atoms with Crippen molar-refractivity contribution in [1.29, 1.82) is 0 Å². The normalized spacial score (nSPS) is 11.5. The van der Waals surface area contributed by atoms with E-state index in [1.807, 2.05) is 6.07 Å². The lowest BCUT2D eigenvalue weighted by Gasteiger charge is -2.07. The lowest BCUT2D eigenvalue weighted by atomic mass is 10.3. The number of aromatic nitrogens is 1. The Bertz CT molecular complexity index is 1130. The van der Waals surface area contributed by atoms with Crippen LogP contribution in [-0.2, 0) is 14.8 Å². The molecule has 1 heterocycles. The average Bonchev–Trinajstić information content (AvgIpc) is 3.05. The van der Waals surface area contributed by atoms with Crippen LogP contribution < -0.4 is 14.8 Å². The molecule has 11 heteroatoms. The number of benzene rings is 2. The number of fused-ring (bicyclic) bond motifs is 1. The predicted molar refractivity (Wildman–Crippen MR) is 101 cm³/mol. The van der Waals surface area contributed by atoms with E-state index in [-0.39, 0.29) is 13.0 Å². The van der Waals surface area contributed by atoms with E-state index in [0.29, 0.717) is 22.5 Å². The van der Waals surface area contributed by atoms with Crippen molar-refractivity contribution in [2.75, 3.05) is 19.0 Å². The first kappa shape index (κ1) is 20.1. The van der Waals surface area contributed by atoms with E-state index >= 15 is 0 Å². The number of nitrogens with zero attached hydrogens (tertiary/aromatic N) is 1. The van der Waals surface area contributed by atoms with E-state index in [2.05, 4.69) is 15.0 Å². The molecule has 0 atom stereocenters. The van der Waals surface area contributed by atoms with Gasteiger partial charge in [0.2, 0.25) is 15.9 Å². The second kappa shape index (κ2) is 8.17. The van der Waals surface area contributed by atoms with Gasteiger partial charge in [0.05, 0.1) is 16.7 Å². The third-order valence-electron chi connectivity index (χ3n) is 3.69. The third-order valence-corrected chi connectivity index (χ3v) is 6.09. The molecule has 2 aromatic carbocycles. The van der Waals surface area contributed by atoms with Gasteiger partial charge in [-0.15, -0.1) is 0 Å². The van der Waals surface area contributed by atoms with Gasteiger partial charge in [0.25, 0.3) is 0 Å². The van der Waals surface area contributed by atoms with Crippen LogP contribution in [0.25, 0.3) is 10.2 Å². The van der Waals surface area contributed by atoms with E-state index in [9.17, 15) is 22.0 Å². The minimum Gasteiger partial charge on any atom is -0.494 e. The van der Waals surface area contributed by atoms with Crippen LogP contribution in [0.4, 0.5) is 13.9 Å². The van der Waals surface area contributed by atoms with Gasteiger partial charge < -0.3 is 10.1 Å². The highest BCUT2D eigenvalue weighted by atomic mass is 32.2. The van der Waals surface area contributed by atoms with Gasteiger partial charge in [0.1, 0.15) is 11.3 Å². The first-order valence-electron chi connectivity index (χ1n) is 7.98. The largest absolute Gasteiger partial charge is 0.494 e. The van der Waals surface area contributed by atoms with Crippen LogP contribution in [0, 0.1) is 11.6 Å². The van der Waals surface area contributed by atoms with Crippen LogP contribution in [0.5, 0.6) is 5.75 Å². The molecule has 7 nitrogen and oxygen atoms in total. The summed E-state index contributed by atoms with van der Waals surface area (Å²) < 4.78 is 58.5. The zero-order valence-electron chi connectivity index (χ0n) is 14.5. The molecule has 0 saturated carbocycles. The molecular weight excluding hydrogens is 412 g/mol. The minimum absolute atomic E-state index is 0.171. The van der Waals surface area contributed by atoms with Crippen molar-refractivity contribution >= 4 is 42.6 Å². The standard InChI is InChI=1S/C17H15F2N3O4S2/c1-26-13-3-2-4-14-16(13)22-17(27-14)21-15(23)7-8-20-28(24,25)10-5-6-11(18)12(19)9-10/h2-6,9,20H,7-8H2,1H3,(H,21,22,23). The lowest BCUT2D eigenvalue weighted by molar-refractivity contribution is -0.116.